The maximum atomic E-state index is 12.1. The van der Waals surface area contributed by atoms with Crippen LogP contribution in [-0.2, 0) is 6.42 Å². The van der Waals surface area contributed by atoms with E-state index in [4.69, 9.17) is 0 Å². The van der Waals surface area contributed by atoms with Crippen LogP contribution in [0, 0.1) is 0 Å². The van der Waals surface area contributed by atoms with Crippen LogP contribution in [0.15, 0.2) is 24.3 Å². The lowest BCUT2D eigenvalue weighted by Crippen LogP contribution is -2.49. The van der Waals surface area contributed by atoms with Gasteiger partial charge in [0.25, 0.3) is 0 Å². The lowest BCUT2D eigenvalue weighted by atomic mass is 9.93. The summed E-state index contributed by atoms with van der Waals surface area (Å²) in [6.45, 7) is 0. The summed E-state index contributed by atoms with van der Waals surface area (Å²) in [6, 6.07) is 8.12. The van der Waals surface area contributed by atoms with Crippen molar-refractivity contribution in [2.75, 3.05) is 0 Å². The Kier molecular flexibility index (Phi) is 3.92. The van der Waals surface area contributed by atoms with Gasteiger partial charge in [-0.05, 0) is 36.8 Å². The van der Waals surface area contributed by atoms with Crippen LogP contribution in [0.3, 0.4) is 0 Å². The van der Waals surface area contributed by atoms with Crippen molar-refractivity contribution in [3.05, 3.63) is 35.4 Å². The number of nitrogens with one attached hydrogen (secondary N) is 2. The largest absolute Gasteiger partial charge is 0.391 e. The molecule has 3 N–H and O–H groups in total. The highest BCUT2D eigenvalue weighted by atomic mass is 16.3. The second kappa shape index (κ2) is 5.83. The number of aliphatic hydroxyl groups excluding tert-OH is 1. The number of benzene rings is 1. The summed E-state index contributed by atoms with van der Waals surface area (Å²) in [6.07, 6.45) is 5.37. The van der Waals surface area contributed by atoms with Gasteiger partial charge in [-0.1, -0.05) is 37.1 Å². The van der Waals surface area contributed by atoms with E-state index in [2.05, 4.69) is 22.8 Å². The van der Waals surface area contributed by atoms with Gasteiger partial charge in [-0.25, -0.2) is 4.79 Å². The predicted octanol–water partition coefficient (Wildman–Crippen LogP) is 2.28. The molecule has 20 heavy (non-hydrogen) atoms. The summed E-state index contributed by atoms with van der Waals surface area (Å²) >= 11 is 0. The van der Waals surface area contributed by atoms with E-state index in [1.807, 2.05) is 12.1 Å². The average molecular weight is 274 g/mol. The molecule has 4 heteroatoms. The molecule has 2 aliphatic carbocycles. The average Bonchev–Trinajstić information content (AvgIpc) is 2.85. The minimum Gasteiger partial charge on any atom is -0.391 e. The fourth-order valence-electron chi connectivity index (χ4n) is 3.36. The Balaban J connectivity index is 1.57. The van der Waals surface area contributed by atoms with Gasteiger partial charge in [-0.3, -0.25) is 0 Å². The molecule has 0 spiro atoms. The van der Waals surface area contributed by atoms with E-state index in [0.29, 0.717) is 0 Å². The summed E-state index contributed by atoms with van der Waals surface area (Å²) < 4.78 is 0. The molecule has 0 aliphatic heterocycles. The summed E-state index contributed by atoms with van der Waals surface area (Å²) in [5, 5.41) is 15.9. The number of carbonyl (C=O) groups excluding carboxylic acids is 1. The molecule has 0 radical (unpaired) electrons. The van der Waals surface area contributed by atoms with E-state index in [0.717, 1.165) is 38.5 Å². The molecule has 3 unspecified atom stereocenters. The van der Waals surface area contributed by atoms with Crippen molar-refractivity contribution >= 4 is 6.03 Å². The first-order valence-electron chi connectivity index (χ1n) is 7.57. The van der Waals surface area contributed by atoms with Gasteiger partial charge < -0.3 is 15.7 Å². The molecule has 2 aliphatic rings. The van der Waals surface area contributed by atoms with Crippen LogP contribution in [0.1, 0.15) is 49.3 Å². The van der Waals surface area contributed by atoms with E-state index >= 15 is 0 Å². The molecule has 1 fully saturated rings. The zero-order valence-electron chi connectivity index (χ0n) is 11.6. The number of urea groups is 1. The summed E-state index contributed by atoms with van der Waals surface area (Å²) in [7, 11) is 0. The number of fused-ring (bicyclic) bond motifs is 1. The van der Waals surface area contributed by atoms with Crippen LogP contribution in [-0.4, -0.2) is 23.3 Å². The first-order chi connectivity index (χ1) is 9.74. The Hall–Kier alpha value is -1.55. The van der Waals surface area contributed by atoms with Gasteiger partial charge >= 0.3 is 6.03 Å². The van der Waals surface area contributed by atoms with Crippen LogP contribution in [0.4, 0.5) is 4.79 Å². The Morgan fingerprint density at radius 2 is 1.90 bits per heavy atom. The highest BCUT2D eigenvalue weighted by molar-refractivity contribution is 5.75. The SMILES string of the molecule is O=C(NC1CCc2ccccc21)NC1CCCCC1O. The van der Waals surface area contributed by atoms with Crippen molar-refractivity contribution < 1.29 is 9.90 Å². The molecule has 4 nitrogen and oxygen atoms in total. The minimum atomic E-state index is -0.398. The quantitative estimate of drug-likeness (QED) is 0.775. The zero-order chi connectivity index (χ0) is 13.9. The maximum Gasteiger partial charge on any atom is 0.315 e. The highest BCUT2D eigenvalue weighted by Gasteiger charge is 2.27. The third kappa shape index (κ3) is 2.80. The van der Waals surface area contributed by atoms with Crippen molar-refractivity contribution in [2.24, 2.45) is 0 Å². The zero-order valence-corrected chi connectivity index (χ0v) is 11.6. The standard InChI is InChI=1S/C16H22N2O2/c19-15-8-4-3-7-14(15)18-16(20)17-13-10-9-11-5-1-2-6-12(11)13/h1-2,5-6,13-15,19H,3-4,7-10H2,(H2,17,18,20). The molecule has 0 aromatic heterocycles. The van der Waals surface area contributed by atoms with Crippen LogP contribution in [0.2, 0.25) is 0 Å². The number of aryl methyl sites for hydroxylation is 1. The van der Waals surface area contributed by atoms with Gasteiger partial charge in [0.2, 0.25) is 0 Å². The Labute approximate surface area is 119 Å². The fraction of sp³-hybridized carbons (Fsp3) is 0.562. The number of amides is 2. The predicted molar refractivity (Wildman–Crippen MR) is 77.4 cm³/mol. The molecular weight excluding hydrogens is 252 g/mol. The third-order valence-corrected chi connectivity index (χ3v) is 4.48. The normalized spacial score (nSPS) is 28.8. The van der Waals surface area contributed by atoms with Crippen molar-refractivity contribution in [1.29, 1.82) is 0 Å². The second-order valence-electron chi connectivity index (χ2n) is 5.87. The molecule has 0 saturated heterocycles. The lowest BCUT2D eigenvalue weighted by molar-refractivity contribution is 0.0940. The Bertz CT molecular complexity index is 489. The number of rotatable bonds is 2. The van der Waals surface area contributed by atoms with Gasteiger partial charge in [0.1, 0.15) is 0 Å². The molecule has 1 saturated carbocycles. The van der Waals surface area contributed by atoms with Crippen LogP contribution in [0.25, 0.3) is 0 Å². The minimum absolute atomic E-state index is 0.0969. The molecular formula is C16H22N2O2. The summed E-state index contributed by atoms with van der Waals surface area (Å²) in [5.74, 6) is 0. The topological polar surface area (TPSA) is 61.4 Å². The van der Waals surface area contributed by atoms with E-state index < -0.39 is 6.10 Å². The Morgan fingerprint density at radius 1 is 1.10 bits per heavy atom. The molecule has 3 atom stereocenters. The van der Waals surface area contributed by atoms with E-state index in [1.165, 1.54) is 11.1 Å². The van der Waals surface area contributed by atoms with E-state index in [1.54, 1.807) is 0 Å². The van der Waals surface area contributed by atoms with Crippen molar-refractivity contribution in [1.82, 2.24) is 10.6 Å². The number of hydrogen-bond acceptors (Lipinski definition) is 2. The van der Waals surface area contributed by atoms with Crippen LogP contribution in [0.5, 0.6) is 0 Å². The number of carbonyl (C=O) groups is 1. The third-order valence-electron chi connectivity index (χ3n) is 4.48. The van der Waals surface area contributed by atoms with Gasteiger partial charge in [0.05, 0.1) is 18.2 Å². The van der Waals surface area contributed by atoms with Crippen LogP contribution < -0.4 is 10.6 Å². The van der Waals surface area contributed by atoms with Crippen LogP contribution >= 0.6 is 0 Å². The monoisotopic (exact) mass is 274 g/mol. The lowest BCUT2D eigenvalue weighted by Gasteiger charge is -2.29. The van der Waals surface area contributed by atoms with Crippen molar-refractivity contribution in [3.8, 4) is 0 Å². The maximum absolute atomic E-state index is 12.1. The van der Waals surface area contributed by atoms with Gasteiger partial charge in [0, 0.05) is 0 Å². The summed E-state index contributed by atoms with van der Waals surface area (Å²) in [4.78, 5) is 12.1. The number of hydrogen-bond donors (Lipinski definition) is 3. The van der Waals surface area contributed by atoms with Gasteiger partial charge in [0.15, 0.2) is 0 Å². The molecule has 2 amide bonds. The smallest absolute Gasteiger partial charge is 0.315 e. The molecule has 1 aromatic rings. The fourth-order valence-corrected chi connectivity index (χ4v) is 3.36. The molecule has 1 aromatic carbocycles. The highest BCUT2D eigenvalue weighted by Crippen LogP contribution is 2.30. The molecule has 0 bridgehead atoms. The van der Waals surface area contributed by atoms with Gasteiger partial charge in [-0.15, -0.1) is 0 Å². The van der Waals surface area contributed by atoms with Crippen molar-refractivity contribution in [3.63, 3.8) is 0 Å². The Morgan fingerprint density at radius 3 is 2.75 bits per heavy atom. The van der Waals surface area contributed by atoms with E-state index in [-0.39, 0.29) is 18.1 Å². The first-order valence-corrected chi connectivity index (χ1v) is 7.57. The van der Waals surface area contributed by atoms with Gasteiger partial charge in [-0.2, -0.15) is 0 Å². The molecule has 108 valence electrons. The van der Waals surface area contributed by atoms with Crippen molar-refractivity contribution in [2.45, 2.75) is 56.7 Å². The van der Waals surface area contributed by atoms with E-state index in [9.17, 15) is 9.90 Å². The first kappa shape index (κ1) is 13.4. The molecule has 0 heterocycles. The second-order valence-corrected chi connectivity index (χ2v) is 5.87. The molecule has 3 rings (SSSR count). The summed E-state index contributed by atoms with van der Waals surface area (Å²) in [5.41, 5.74) is 2.56. The number of aliphatic hydroxyl groups is 1.